The second-order valence-electron chi connectivity index (χ2n) is 3.64. The van der Waals surface area contributed by atoms with Gasteiger partial charge in [-0.05, 0) is 37.2 Å². The van der Waals surface area contributed by atoms with Crippen LogP contribution in [-0.4, -0.2) is 25.7 Å². The van der Waals surface area contributed by atoms with Crippen LogP contribution in [0.4, 0.5) is 14.9 Å². The highest BCUT2D eigenvalue weighted by atomic mass is 19.1. The largest absolute Gasteiger partial charge is 0.337 e. The van der Waals surface area contributed by atoms with Crippen molar-refractivity contribution in [3.63, 3.8) is 0 Å². The first-order valence-corrected chi connectivity index (χ1v) is 5.73. The van der Waals surface area contributed by atoms with Crippen LogP contribution in [-0.2, 0) is 0 Å². The van der Waals surface area contributed by atoms with Gasteiger partial charge in [0.2, 0.25) is 0 Å². The Bertz CT molecular complexity index is 340. The van der Waals surface area contributed by atoms with Crippen LogP contribution < -0.4 is 16.0 Å². The number of carbonyl (C=O) groups excluding carboxylic acids is 1. The van der Waals surface area contributed by atoms with Crippen LogP contribution >= 0.6 is 0 Å². The Kier molecular flexibility index (Phi) is 6.03. The van der Waals surface area contributed by atoms with Gasteiger partial charge in [0.15, 0.2) is 0 Å². The zero-order valence-corrected chi connectivity index (χ0v) is 9.92. The van der Waals surface area contributed by atoms with Crippen molar-refractivity contribution in [3.8, 4) is 0 Å². The van der Waals surface area contributed by atoms with E-state index in [0.717, 1.165) is 19.5 Å². The number of amides is 2. The summed E-state index contributed by atoms with van der Waals surface area (Å²) < 4.78 is 12.6. The van der Waals surface area contributed by atoms with Gasteiger partial charge in [-0.25, -0.2) is 9.18 Å². The number of nitrogens with one attached hydrogen (secondary N) is 3. The molecule has 0 spiro atoms. The van der Waals surface area contributed by atoms with Gasteiger partial charge in [-0.1, -0.05) is 6.92 Å². The van der Waals surface area contributed by atoms with E-state index in [2.05, 4.69) is 22.9 Å². The Morgan fingerprint density at radius 1 is 1.18 bits per heavy atom. The van der Waals surface area contributed by atoms with E-state index in [-0.39, 0.29) is 11.8 Å². The van der Waals surface area contributed by atoms with Gasteiger partial charge in [0.05, 0.1) is 0 Å². The maximum atomic E-state index is 12.6. The van der Waals surface area contributed by atoms with Crippen LogP contribution in [0.25, 0.3) is 0 Å². The predicted molar refractivity (Wildman–Crippen MR) is 66.6 cm³/mol. The number of hydrogen-bond acceptors (Lipinski definition) is 2. The molecule has 1 aromatic carbocycles. The van der Waals surface area contributed by atoms with E-state index in [4.69, 9.17) is 0 Å². The van der Waals surface area contributed by atoms with Gasteiger partial charge < -0.3 is 16.0 Å². The van der Waals surface area contributed by atoms with Crippen molar-refractivity contribution in [1.82, 2.24) is 10.6 Å². The average Bonchev–Trinajstić information content (AvgIpc) is 2.32. The first-order valence-electron chi connectivity index (χ1n) is 5.73. The summed E-state index contributed by atoms with van der Waals surface area (Å²) in [5, 5.41) is 8.48. The third-order valence-corrected chi connectivity index (χ3v) is 2.12. The Morgan fingerprint density at radius 2 is 1.88 bits per heavy atom. The van der Waals surface area contributed by atoms with E-state index in [1.165, 1.54) is 24.3 Å². The monoisotopic (exact) mass is 239 g/mol. The molecule has 0 aliphatic heterocycles. The van der Waals surface area contributed by atoms with Gasteiger partial charge in [-0.2, -0.15) is 0 Å². The molecular formula is C12H18FN3O. The maximum Gasteiger partial charge on any atom is 0.319 e. The first-order chi connectivity index (χ1) is 8.22. The SMILES string of the molecule is CCCNCCNC(=O)Nc1ccc(F)cc1. The van der Waals surface area contributed by atoms with Gasteiger partial charge in [-0.3, -0.25) is 0 Å². The number of halogens is 1. The van der Waals surface area contributed by atoms with Crippen LogP contribution in [0.2, 0.25) is 0 Å². The summed E-state index contributed by atoms with van der Waals surface area (Å²) >= 11 is 0. The minimum atomic E-state index is -0.320. The second-order valence-corrected chi connectivity index (χ2v) is 3.64. The molecule has 0 atom stereocenters. The summed E-state index contributed by atoms with van der Waals surface area (Å²) in [7, 11) is 0. The number of rotatable bonds is 6. The lowest BCUT2D eigenvalue weighted by molar-refractivity contribution is 0.252. The normalized spacial score (nSPS) is 10.0. The first kappa shape index (κ1) is 13.4. The van der Waals surface area contributed by atoms with Gasteiger partial charge in [0, 0.05) is 18.8 Å². The molecule has 5 heteroatoms. The van der Waals surface area contributed by atoms with E-state index >= 15 is 0 Å². The Labute approximate surface area is 101 Å². The van der Waals surface area contributed by atoms with E-state index in [9.17, 15) is 9.18 Å². The summed E-state index contributed by atoms with van der Waals surface area (Å²) in [6.07, 6.45) is 1.07. The molecule has 1 rings (SSSR count). The lowest BCUT2D eigenvalue weighted by atomic mass is 10.3. The minimum Gasteiger partial charge on any atom is -0.337 e. The Hall–Kier alpha value is -1.62. The molecule has 0 saturated heterocycles. The molecule has 0 heterocycles. The molecule has 4 nitrogen and oxygen atoms in total. The number of benzene rings is 1. The van der Waals surface area contributed by atoms with Crippen molar-refractivity contribution >= 4 is 11.7 Å². The standard InChI is InChI=1S/C12H18FN3O/c1-2-7-14-8-9-15-12(17)16-11-5-3-10(13)4-6-11/h3-6,14H,2,7-9H2,1H3,(H2,15,16,17). The highest BCUT2D eigenvalue weighted by Gasteiger charge is 2.00. The van der Waals surface area contributed by atoms with Crippen molar-refractivity contribution in [2.75, 3.05) is 25.0 Å². The Morgan fingerprint density at radius 3 is 2.53 bits per heavy atom. The Balaban J connectivity index is 2.18. The average molecular weight is 239 g/mol. The smallest absolute Gasteiger partial charge is 0.319 e. The van der Waals surface area contributed by atoms with E-state index in [0.29, 0.717) is 12.2 Å². The molecule has 0 unspecified atom stereocenters. The summed E-state index contributed by atoms with van der Waals surface area (Å²) in [6, 6.07) is 5.36. The molecule has 1 aromatic rings. The van der Waals surface area contributed by atoms with Crippen molar-refractivity contribution in [2.24, 2.45) is 0 Å². The lowest BCUT2D eigenvalue weighted by Gasteiger charge is -2.07. The summed E-state index contributed by atoms with van der Waals surface area (Å²) in [5.41, 5.74) is 0.574. The summed E-state index contributed by atoms with van der Waals surface area (Å²) in [6.45, 7) is 4.33. The third-order valence-electron chi connectivity index (χ3n) is 2.12. The quantitative estimate of drug-likeness (QED) is 0.664. The number of anilines is 1. The van der Waals surface area contributed by atoms with E-state index < -0.39 is 0 Å². The number of hydrogen-bond donors (Lipinski definition) is 3. The van der Waals surface area contributed by atoms with Gasteiger partial charge in [0.1, 0.15) is 5.82 Å². The molecular weight excluding hydrogens is 221 g/mol. The summed E-state index contributed by atoms with van der Waals surface area (Å²) in [4.78, 5) is 11.4. The molecule has 0 aliphatic carbocycles. The van der Waals surface area contributed by atoms with Crippen molar-refractivity contribution < 1.29 is 9.18 Å². The van der Waals surface area contributed by atoms with Crippen LogP contribution in [0.3, 0.4) is 0 Å². The fraction of sp³-hybridized carbons (Fsp3) is 0.417. The molecule has 17 heavy (non-hydrogen) atoms. The zero-order chi connectivity index (χ0) is 12.5. The van der Waals surface area contributed by atoms with Crippen LogP contribution in [0.5, 0.6) is 0 Å². The fourth-order valence-corrected chi connectivity index (χ4v) is 1.27. The summed E-state index contributed by atoms with van der Waals surface area (Å²) in [5.74, 6) is -0.320. The topological polar surface area (TPSA) is 53.2 Å². The van der Waals surface area contributed by atoms with Gasteiger partial charge in [-0.15, -0.1) is 0 Å². The predicted octanol–water partition coefficient (Wildman–Crippen LogP) is 1.95. The molecule has 0 bridgehead atoms. The van der Waals surface area contributed by atoms with E-state index in [1.807, 2.05) is 0 Å². The molecule has 0 fully saturated rings. The van der Waals surface area contributed by atoms with Crippen molar-refractivity contribution in [1.29, 1.82) is 0 Å². The van der Waals surface area contributed by atoms with Gasteiger partial charge in [0.25, 0.3) is 0 Å². The molecule has 3 N–H and O–H groups in total. The second kappa shape index (κ2) is 7.62. The van der Waals surface area contributed by atoms with Crippen LogP contribution in [0.1, 0.15) is 13.3 Å². The fourth-order valence-electron chi connectivity index (χ4n) is 1.27. The molecule has 0 aromatic heterocycles. The van der Waals surface area contributed by atoms with Crippen LogP contribution in [0.15, 0.2) is 24.3 Å². The maximum absolute atomic E-state index is 12.6. The molecule has 94 valence electrons. The molecule has 2 amide bonds. The highest BCUT2D eigenvalue weighted by Crippen LogP contribution is 2.07. The molecule has 0 aliphatic rings. The minimum absolute atomic E-state index is 0.282. The zero-order valence-electron chi connectivity index (χ0n) is 9.92. The lowest BCUT2D eigenvalue weighted by Crippen LogP contribution is -2.34. The number of carbonyl (C=O) groups is 1. The highest BCUT2D eigenvalue weighted by molar-refractivity contribution is 5.89. The number of urea groups is 1. The molecule has 0 saturated carbocycles. The van der Waals surface area contributed by atoms with E-state index in [1.54, 1.807) is 0 Å². The molecule has 0 radical (unpaired) electrons. The van der Waals surface area contributed by atoms with Crippen LogP contribution in [0, 0.1) is 5.82 Å². The third kappa shape index (κ3) is 5.87. The van der Waals surface area contributed by atoms with Crippen molar-refractivity contribution in [3.05, 3.63) is 30.1 Å². The van der Waals surface area contributed by atoms with Crippen molar-refractivity contribution in [2.45, 2.75) is 13.3 Å². The van der Waals surface area contributed by atoms with Gasteiger partial charge >= 0.3 is 6.03 Å².